The summed E-state index contributed by atoms with van der Waals surface area (Å²) >= 11 is 0. The molecule has 0 radical (unpaired) electrons. The Morgan fingerprint density at radius 2 is 1.94 bits per heavy atom. The lowest BCUT2D eigenvalue weighted by molar-refractivity contribution is -0.145. The molecule has 0 fully saturated rings. The third-order valence-corrected chi connectivity index (χ3v) is 2.11. The first kappa shape index (κ1) is 14.6. The zero-order chi connectivity index (χ0) is 12.6. The number of ether oxygens (including phenoxy) is 2. The van der Waals surface area contributed by atoms with E-state index in [1.807, 2.05) is 6.92 Å². The van der Waals surface area contributed by atoms with Crippen LogP contribution in [0.15, 0.2) is 12.2 Å². The minimum Gasteiger partial charge on any atom is -0.468 e. The summed E-state index contributed by atoms with van der Waals surface area (Å²) in [4.78, 5) is 22.7. The van der Waals surface area contributed by atoms with Crippen LogP contribution in [0.5, 0.6) is 0 Å². The predicted molar refractivity (Wildman–Crippen MR) is 59.9 cm³/mol. The van der Waals surface area contributed by atoms with Crippen LogP contribution >= 0.6 is 0 Å². The summed E-state index contributed by atoms with van der Waals surface area (Å²) in [5.41, 5.74) is 0.0606. The Hall–Kier alpha value is -1.36. The van der Waals surface area contributed by atoms with E-state index in [4.69, 9.17) is 0 Å². The van der Waals surface area contributed by atoms with Crippen molar-refractivity contribution in [3.63, 3.8) is 0 Å². The van der Waals surface area contributed by atoms with Crippen molar-refractivity contribution in [2.24, 2.45) is 0 Å². The predicted octanol–water partition coefficient (Wildman–Crippen LogP) is 0.647. The van der Waals surface area contributed by atoms with Gasteiger partial charge in [-0.2, -0.15) is 0 Å². The molecule has 0 aliphatic heterocycles. The van der Waals surface area contributed by atoms with E-state index in [0.29, 0.717) is 6.54 Å². The van der Waals surface area contributed by atoms with Crippen LogP contribution in [0, 0.1) is 0 Å². The lowest BCUT2D eigenvalue weighted by Gasteiger charge is -2.17. The van der Waals surface area contributed by atoms with Crippen molar-refractivity contribution >= 4 is 11.9 Å². The Kier molecular flexibility index (Phi) is 7.20. The number of methoxy groups -OCH3 is 2. The Labute approximate surface area is 95.8 Å². The van der Waals surface area contributed by atoms with Crippen LogP contribution in [0.2, 0.25) is 0 Å². The van der Waals surface area contributed by atoms with Crippen LogP contribution < -0.4 is 5.32 Å². The Bertz CT molecular complexity index is 263. The summed E-state index contributed by atoms with van der Waals surface area (Å²) in [6.45, 7) is 6.18. The molecule has 0 aromatic heterocycles. The SMILES string of the molecule is C=C(C(=O)OC)C(NCCCC)C(=O)OC. The molecule has 0 aliphatic rings. The third kappa shape index (κ3) is 4.44. The van der Waals surface area contributed by atoms with Crippen LogP contribution in [0.1, 0.15) is 19.8 Å². The van der Waals surface area contributed by atoms with Crippen LogP contribution in [0.4, 0.5) is 0 Å². The summed E-state index contributed by atoms with van der Waals surface area (Å²) < 4.78 is 9.10. The highest BCUT2D eigenvalue weighted by Gasteiger charge is 2.26. The van der Waals surface area contributed by atoms with Crippen molar-refractivity contribution in [3.8, 4) is 0 Å². The molecule has 16 heavy (non-hydrogen) atoms. The normalized spacial score (nSPS) is 11.7. The molecular weight excluding hydrogens is 210 g/mol. The van der Waals surface area contributed by atoms with Gasteiger partial charge < -0.3 is 14.8 Å². The largest absolute Gasteiger partial charge is 0.468 e. The quantitative estimate of drug-likeness (QED) is 0.394. The number of carbonyl (C=O) groups excluding carboxylic acids is 2. The summed E-state index contributed by atoms with van der Waals surface area (Å²) in [6, 6.07) is -0.830. The average molecular weight is 229 g/mol. The van der Waals surface area contributed by atoms with Gasteiger partial charge in [0.15, 0.2) is 0 Å². The third-order valence-electron chi connectivity index (χ3n) is 2.11. The monoisotopic (exact) mass is 229 g/mol. The van der Waals surface area contributed by atoms with Gasteiger partial charge in [-0.05, 0) is 13.0 Å². The van der Waals surface area contributed by atoms with E-state index in [-0.39, 0.29) is 5.57 Å². The lowest BCUT2D eigenvalue weighted by atomic mass is 10.1. The highest BCUT2D eigenvalue weighted by Crippen LogP contribution is 2.04. The van der Waals surface area contributed by atoms with Crippen LogP contribution in [0.3, 0.4) is 0 Å². The molecule has 1 atom stereocenters. The molecule has 1 N–H and O–H groups in total. The zero-order valence-electron chi connectivity index (χ0n) is 10.0. The van der Waals surface area contributed by atoms with E-state index >= 15 is 0 Å². The average Bonchev–Trinajstić information content (AvgIpc) is 2.32. The molecule has 5 heteroatoms. The van der Waals surface area contributed by atoms with Gasteiger partial charge in [0.2, 0.25) is 0 Å². The van der Waals surface area contributed by atoms with Gasteiger partial charge in [0.05, 0.1) is 19.8 Å². The van der Waals surface area contributed by atoms with E-state index < -0.39 is 18.0 Å². The number of esters is 2. The van der Waals surface area contributed by atoms with Gasteiger partial charge in [-0.3, -0.25) is 0 Å². The van der Waals surface area contributed by atoms with Crippen molar-refractivity contribution < 1.29 is 19.1 Å². The summed E-state index contributed by atoms with van der Waals surface area (Å²) in [5, 5.41) is 2.91. The molecule has 0 heterocycles. The number of unbranched alkanes of at least 4 members (excludes halogenated alkanes) is 1. The fourth-order valence-electron chi connectivity index (χ4n) is 1.14. The van der Waals surface area contributed by atoms with E-state index in [0.717, 1.165) is 12.8 Å². The van der Waals surface area contributed by atoms with E-state index in [1.165, 1.54) is 14.2 Å². The number of rotatable bonds is 7. The molecule has 0 saturated heterocycles. The van der Waals surface area contributed by atoms with Crippen molar-refractivity contribution in [2.75, 3.05) is 20.8 Å². The first-order valence-electron chi connectivity index (χ1n) is 5.16. The maximum Gasteiger partial charge on any atom is 0.335 e. The van der Waals surface area contributed by atoms with Gasteiger partial charge in [0.25, 0.3) is 0 Å². The zero-order valence-corrected chi connectivity index (χ0v) is 10.0. The molecule has 5 nitrogen and oxygen atoms in total. The molecule has 0 aliphatic carbocycles. The van der Waals surface area contributed by atoms with Gasteiger partial charge in [-0.25, -0.2) is 9.59 Å². The van der Waals surface area contributed by atoms with E-state index in [9.17, 15) is 9.59 Å². The lowest BCUT2D eigenvalue weighted by Crippen LogP contribution is -2.41. The van der Waals surface area contributed by atoms with Gasteiger partial charge in [-0.15, -0.1) is 0 Å². The van der Waals surface area contributed by atoms with E-state index in [2.05, 4.69) is 21.4 Å². The van der Waals surface area contributed by atoms with Crippen molar-refractivity contribution in [1.29, 1.82) is 0 Å². The van der Waals surface area contributed by atoms with Crippen LogP contribution in [0.25, 0.3) is 0 Å². The second-order valence-electron chi connectivity index (χ2n) is 3.28. The summed E-state index contributed by atoms with van der Waals surface area (Å²) in [5.74, 6) is -1.15. The van der Waals surface area contributed by atoms with Crippen molar-refractivity contribution in [1.82, 2.24) is 5.32 Å². The number of nitrogens with one attached hydrogen (secondary N) is 1. The van der Waals surface area contributed by atoms with Crippen LogP contribution in [-0.4, -0.2) is 38.7 Å². The summed E-state index contributed by atoms with van der Waals surface area (Å²) in [7, 11) is 2.51. The van der Waals surface area contributed by atoms with E-state index in [1.54, 1.807) is 0 Å². The molecule has 0 aromatic carbocycles. The van der Waals surface area contributed by atoms with Gasteiger partial charge >= 0.3 is 11.9 Å². The second kappa shape index (κ2) is 7.87. The molecule has 0 amide bonds. The molecule has 92 valence electrons. The molecule has 0 bridgehead atoms. The topological polar surface area (TPSA) is 64.6 Å². The number of carbonyl (C=O) groups is 2. The summed E-state index contributed by atoms with van der Waals surface area (Å²) in [6.07, 6.45) is 1.90. The molecule has 1 unspecified atom stereocenters. The molecular formula is C11H19NO4. The molecule has 0 rings (SSSR count). The minimum atomic E-state index is -0.830. The minimum absolute atomic E-state index is 0.0606. The standard InChI is InChI=1S/C11H19NO4/c1-5-6-7-12-9(11(14)16-4)8(2)10(13)15-3/h9,12H,2,5-7H2,1,3-4H3. The van der Waals surface area contributed by atoms with Gasteiger partial charge in [-0.1, -0.05) is 19.9 Å². The van der Waals surface area contributed by atoms with Crippen molar-refractivity contribution in [3.05, 3.63) is 12.2 Å². The second-order valence-corrected chi connectivity index (χ2v) is 3.28. The Morgan fingerprint density at radius 3 is 2.38 bits per heavy atom. The first-order valence-corrected chi connectivity index (χ1v) is 5.16. The molecule has 0 aromatic rings. The molecule has 0 spiro atoms. The Morgan fingerprint density at radius 1 is 1.31 bits per heavy atom. The maximum atomic E-state index is 11.4. The highest BCUT2D eigenvalue weighted by atomic mass is 16.5. The maximum absolute atomic E-state index is 11.4. The number of hydrogen-bond donors (Lipinski definition) is 1. The molecule has 0 saturated carbocycles. The Balaban J connectivity index is 4.47. The first-order chi connectivity index (χ1) is 7.58. The fraction of sp³-hybridized carbons (Fsp3) is 0.636. The van der Waals surface area contributed by atoms with Gasteiger partial charge in [0.1, 0.15) is 6.04 Å². The van der Waals surface area contributed by atoms with Crippen LogP contribution in [-0.2, 0) is 19.1 Å². The fourth-order valence-corrected chi connectivity index (χ4v) is 1.14. The van der Waals surface area contributed by atoms with Gasteiger partial charge in [0, 0.05) is 0 Å². The number of hydrogen-bond acceptors (Lipinski definition) is 5. The van der Waals surface area contributed by atoms with Crippen molar-refractivity contribution in [2.45, 2.75) is 25.8 Å². The highest BCUT2D eigenvalue weighted by molar-refractivity contribution is 5.97. The smallest absolute Gasteiger partial charge is 0.335 e.